The summed E-state index contributed by atoms with van der Waals surface area (Å²) in [6.45, 7) is 0. The van der Waals surface area contributed by atoms with Crippen LogP contribution in [-0.2, 0) is 4.79 Å². The highest BCUT2D eigenvalue weighted by atomic mass is 35.5. The van der Waals surface area contributed by atoms with Crippen LogP contribution >= 0.6 is 23.4 Å². The first-order chi connectivity index (χ1) is 10.0. The predicted octanol–water partition coefficient (Wildman–Crippen LogP) is 3.88. The van der Waals surface area contributed by atoms with Gasteiger partial charge in [-0.05, 0) is 42.1 Å². The standard InChI is InChI=1S/C14H8ClFN2O2S/c15-9-5-7(1-3-10(9)16)11-4-2-8(20-11)6-12-13(19)18-14(17)21-12/h1-6H,(H2,17,18,19)/b12-6-. The summed E-state index contributed by atoms with van der Waals surface area (Å²) in [4.78, 5) is 11.9. The minimum Gasteiger partial charge on any atom is -0.457 e. The fourth-order valence-electron chi connectivity index (χ4n) is 1.81. The minimum absolute atomic E-state index is 0.0166. The van der Waals surface area contributed by atoms with Crippen LogP contribution in [0.2, 0.25) is 5.02 Å². The summed E-state index contributed by atoms with van der Waals surface area (Å²) in [5.74, 6) is 0.166. The molecule has 0 aliphatic carbocycles. The van der Waals surface area contributed by atoms with Gasteiger partial charge in [-0.2, -0.15) is 0 Å². The second kappa shape index (κ2) is 5.38. The van der Waals surface area contributed by atoms with E-state index in [0.29, 0.717) is 22.0 Å². The van der Waals surface area contributed by atoms with E-state index >= 15 is 0 Å². The van der Waals surface area contributed by atoms with Gasteiger partial charge < -0.3 is 9.73 Å². The molecule has 1 saturated heterocycles. The normalized spacial score (nSPS) is 16.6. The molecule has 0 saturated carbocycles. The molecular formula is C14H8ClFN2O2S. The molecule has 2 heterocycles. The average molecular weight is 323 g/mol. The largest absolute Gasteiger partial charge is 0.457 e. The second-order valence-corrected chi connectivity index (χ2v) is 5.68. The molecule has 3 rings (SSSR count). The maximum Gasteiger partial charge on any atom is 0.264 e. The van der Waals surface area contributed by atoms with Crippen molar-refractivity contribution in [2.24, 2.45) is 0 Å². The molecule has 21 heavy (non-hydrogen) atoms. The Bertz CT molecular complexity index is 785. The van der Waals surface area contributed by atoms with Crippen molar-refractivity contribution in [2.75, 3.05) is 0 Å². The number of rotatable bonds is 2. The smallest absolute Gasteiger partial charge is 0.264 e. The molecule has 1 aromatic carbocycles. The molecule has 1 aliphatic heterocycles. The van der Waals surface area contributed by atoms with Crippen LogP contribution in [0, 0.1) is 11.2 Å². The lowest BCUT2D eigenvalue weighted by Gasteiger charge is -1.98. The van der Waals surface area contributed by atoms with Crippen LogP contribution in [0.4, 0.5) is 4.39 Å². The van der Waals surface area contributed by atoms with Gasteiger partial charge in [-0.3, -0.25) is 10.2 Å². The van der Waals surface area contributed by atoms with E-state index < -0.39 is 5.82 Å². The van der Waals surface area contributed by atoms with Crippen molar-refractivity contribution in [2.45, 2.75) is 0 Å². The van der Waals surface area contributed by atoms with Crippen LogP contribution in [-0.4, -0.2) is 11.1 Å². The zero-order valence-electron chi connectivity index (χ0n) is 10.4. The third-order valence-electron chi connectivity index (χ3n) is 2.77. The monoisotopic (exact) mass is 322 g/mol. The fourth-order valence-corrected chi connectivity index (χ4v) is 2.67. The number of amides is 1. The van der Waals surface area contributed by atoms with Gasteiger partial charge in [0, 0.05) is 11.6 Å². The molecule has 2 N–H and O–H groups in total. The molecular weight excluding hydrogens is 315 g/mol. The fraction of sp³-hybridized carbons (Fsp3) is 0. The van der Waals surface area contributed by atoms with E-state index in [-0.39, 0.29) is 16.1 Å². The highest BCUT2D eigenvalue weighted by molar-refractivity contribution is 8.18. The lowest BCUT2D eigenvalue weighted by atomic mass is 10.2. The van der Waals surface area contributed by atoms with Crippen molar-refractivity contribution in [3.05, 3.63) is 51.8 Å². The van der Waals surface area contributed by atoms with E-state index in [1.54, 1.807) is 24.3 Å². The second-order valence-electron chi connectivity index (χ2n) is 4.22. The number of hydrogen-bond donors (Lipinski definition) is 2. The number of halogens is 2. The molecule has 4 nitrogen and oxygen atoms in total. The maximum absolute atomic E-state index is 13.1. The molecule has 0 spiro atoms. The zero-order valence-corrected chi connectivity index (χ0v) is 12.0. The summed E-state index contributed by atoms with van der Waals surface area (Å²) >= 11 is 6.77. The van der Waals surface area contributed by atoms with Gasteiger partial charge in [0.15, 0.2) is 5.17 Å². The van der Waals surface area contributed by atoms with Crippen LogP contribution < -0.4 is 5.32 Å². The number of benzene rings is 1. The maximum atomic E-state index is 13.1. The third-order valence-corrected chi connectivity index (χ3v) is 3.89. The number of amidine groups is 1. The van der Waals surface area contributed by atoms with Crippen LogP contribution in [0.15, 0.2) is 39.7 Å². The molecule has 2 aromatic rings. The molecule has 0 unspecified atom stereocenters. The molecule has 1 fully saturated rings. The Kier molecular flexibility index (Phi) is 3.57. The van der Waals surface area contributed by atoms with Gasteiger partial charge in [0.2, 0.25) is 0 Å². The molecule has 0 radical (unpaired) electrons. The molecule has 106 valence electrons. The Labute approximate surface area is 128 Å². The Morgan fingerprint density at radius 2 is 2.14 bits per heavy atom. The van der Waals surface area contributed by atoms with Crippen LogP contribution in [0.3, 0.4) is 0 Å². The van der Waals surface area contributed by atoms with Crippen LogP contribution in [0.1, 0.15) is 5.76 Å². The number of carbonyl (C=O) groups is 1. The molecule has 1 aliphatic rings. The Hall–Kier alpha value is -2.05. The summed E-state index contributed by atoms with van der Waals surface area (Å²) in [6.07, 6.45) is 1.55. The van der Waals surface area contributed by atoms with Crippen LogP contribution in [0.25, 0.3) is 17.4 Å². The lowest BCUT2D eigenvalue weighted by molar-refractivity contribution is -0.115. The van der Waals surface area contributed by atoms with E-state index in [1.807, 2.05) is 0 Å². The summed E-state index contributed by atoms with van der Waals surface area (Å²) < 4.78 is 18.7. The first-order valence-corrected chi connectivity index (χ1v) is 7.07. The van der Waals surface area contributed by atoms with Gasteiger partial charge in [0.25, 0.3) is 5.91 Å². The van der Waals surface area contributed by atoms with E-state index in [9.17, 15) is 9.18 Å². The Balaban J connectivity index is 1.90. The van der Waals surface area contributed by atoms with Gasteiger partial charge in [0.05, 0.1) is 9.93 Å². The third kappa shape index (κ3) is 2.86. The lowest BCUT2D eigenvalue weighted by Crippen LogP contribution is -2.18. The first-order valence-electron chi connectivity index (χ1n) is 5.87. The van der Waals surface area contributed by atoms with Crippen molar-refractivity contribution in [3.8, 4) is 11.3 Å². The molecule has 0 atom stereocenters. The van der Waals surface area contributed by atoms with Gasteiger partial charge >= 0.3 is 0 Å². The molecule has 7 heteroatoms. The summed E-state index contributed by atoms with van der Waals surface area (Å²) in [6, 6.07) is 7.69. The van der Waals surface area contributed by atoms with E-state index in [2.05, 4.69) is 5.32 Å². The van der Waals surface area contributed by atoms with Crippen molar-refractivity contribution in [1.29, 1.82) is 5.41 Å². The van der Waals surface area contributed by atoms with E-state index in [0.717, 1.165) is 11.8 Å². The Morgan fingerprint density at radius 3 is 2.81 bits per heavy atom. The zero-order chi connectivity index (χ0) is 15.0. The Morgan fingerprint density at radius 1 is 1.33 bits per heavy atom. The number of thioether (sulfide) groups is 1. The molecule has 1 aromatic heterocycles. The summed E-state index contributed by atoms with van der Waals surface area (Å²) in [5.41, 5.74) is 0.641. The quantitative estimate of drug-likeness (QED) is 0.825. The SMILES string of the molecule is N=C1NC(=O)/C(=C/c2ccc(-c3ccc(F)c(Cl)c3)o2)S1. The van der Waals surface area contributed by atoms with Crippen molar-refractivity contribution >= 4 is 40.5 Å². The first kappa shape index (κ1) is 13.9. The number of hydrogen-bond acceptors (Lipinski definition) is 4. The van der Waals surface area contributed by atoms with Crippen molar-refractivity contribution in [1.82, 2.24) is 5.32 Å². The minimum atomic E-state index is -0.494. The van der Waals surface area contributed by atoms with E-state index in [4.69, 9.17) is 21.4 Å². The van der Waals surface area contributed by atoms with Crippen LogP contribution in [0.5, 0.6) is 0 Å². The van der Waals surface area contributed by atoms with Crippen molar-refractivity contribution < 1.29 is 13.6 Å². The van der Waals surface area contributed by atoms with Gasteiger partial charge in [-0.15, -0.1) is 0 Å². The van der Waals surface area contributed by atoms with Gasteiger partial charge in [-0.25, -0.2) is 4.39 Å². The molecule has 0 bridgehead atoms. The highest BCUT2D eigenvalue weighted by Gasteiger charge is 2.22. The average Bonchev–Trinajstić information content (AvgIpc) is 3.01. The summed E-state index contributed by atoms with van der Waals surface area (Å²) in [5, 5.41) is 9.85. The van der Waals surface area contributed by atoms with Gasteiger partial charge in [0.1, 0.15) is 17.3 Å². The predicted molar refractivity (Wildman–Crippen MR) is 80.5 cm³/mol. The number of nitrogens with one attached hydrogen (secondary N) is 2. The molecule has 1 amide bonds. The summed E-state index contributed by atoms with van der Waals surface area (Å²) in [7, 11) is 0. The highest BCUT2D eigenvalue weighted by Crippen LogP contribution is 2.29. The number of furan rings is 1. The topological polar surface area (TPSA) is 66.1 Å². The van der Waals surface area contributed by atoms with Gasteiger partial charge in [-0.1, -0.05) is 11.6 Å². The van der Waals surface area contributed by atoms with E-state index in [1.165, 1.54) is 12.1 Å². The number of carbonyl (C=O) groups excluding carboxylic acids is 1. The van der Waals surface area contributed by atoms with Crippen molar-refractivity contribution in [3.63, 3.8) is 0 Å².